The van der Waals surface area contributed by atoms with E-state index in [2.05, 4.69) is 26.9 Å². The van der Waals surface area contributed by atoms with Crippen LogP contribution in [0.25, 0.3) is 11.1 Å². The number of nitrogens with one attached hydrogen (secondary N) is 2. The fraction of sp³-hybridized carbons (Fsp3) is 0.286. The van der Waals surface area contributed by atoms with Gasteiger partial charge in [0.15, 0.2) is 5.13 Å². The maximum atomic E-state index is 12.7. The monoisotopic (exact) mass is 410 g/mol. The molecule has 144 valence electrons. The largest absolute Gasteiger partial charge is 0.344 e. The normalized spacial score (nSPS) is 14.5. The molecule has 5 nitrogen and oxygen atoms in total. The number of anilines is 1. The Morgan fingerprint density at radius 1 is 1.25 bits per heavy atom. The van der Waals surface area contributed by atoms with Crippen LogP contribution in [0, 0.1) is 0 Å². The van der Waals surface area contributed by atoms with Crippen molar-refractivity contribution < 1.29 is 4.79 Å². The molecule has 0 saturated heterocycles. The summed E-state index contributed by atoms with van der Waals surface area (Å²) in [6.07, 6.45) is 6.92. The van der Waals surface area contributed by atoms with E-state index in [1.807, 2.05) is 48.0 Å². The van der Waals surface area contributed by atoms with Gasteiger partial charge in [-0.05, 0) is 60.5 Å². The van der Waals surface area contributed by atoms with Crippen molar-refractivity contribution >= 4 is 34.3 Å². The van der Waals surface area contributed by atoms with Crippen LogP contribution in [0.15, 0.2) is 54.2 Å². The molecule has 0 aliphatic heterocycles. The number of carbonyl (C=O) groups excluding carboxylic acids is 1. The third-order valence-electron chi connectivity index (χ3n) is 4.57. The van der Waals surface area contributed by atoms with Gasteiger partial charge in [0.1, 0.15) is 0 Å². The van der Waals surface area contributed by atoms with Gasteiger partial charge in [-0.1, -0.05) is 25.1 Å². The molecule has 4 rings (SSSR count). The molecule has 0 radical (unpaired) electrons. The van der Waals surface area contributed by atoms with Gasteiger partial charge in [-0.2, -0.15) is 0 Å². The lowest BCUT2D eigenvalue weighted by atomic mass is 10.0. The minimum Gasteiger partial charge on any atom is -0.344 e. The van der Waals surface area contributed by atoms with Crippen molar-refractivity contribution in [1.82, 2.24) is 15.3 Å². The molecule has 1 aliphatic rings. The zero-order valence-corrected chi connectivity index (χ0v) is 17.2. The van der Waals surface area contributed by atoms with Gasteiger partial charge in [-0.3, -0.25) is 9.78 Å². The van der Waals surface area contributed by atoms with E-state index in [1.54, 1.807) is 29.5 Å². The third kappa shape index (κ3) is 4.72. The Labute approximate surface area is 173 Å². The van der Waals surface area contributed by atoms with E-state index in [0.29, 0.717) is 5.56 Å². The average Bonchev–Trinajstić information content (AvgIpc) is 3.47. The second-order valence-electron chi connectivity index (χ2n) is 6.75. The molecule has 0 spiro atoms. The van der Waals surface area contributed by atoms with E-state index in [-0.39, 0.29) is 11.9 Å². The number of amides is 1. The number of thiazole rings is 1. The molecule has 2 aromatic heterocycles. The van der Waals surface area contributed by atoms with Crippen LogP contribution in [0.1, 0.15) is 48.3 Å². The van der Waals surface area contributed by atoms with Gasteiger partial charge in [-0.15, -0.1) is 11.3 Å². The number of carbonyl (C=O) groups is 1. The number of hydrogen-bond donors (Lipinski definition) is 2. The van der Waals surface area contributed by atoms with Crippen LogP contribution in [0.2, 0.25) is 0 Å². The lowest BCUT2D eigenvalue weighted by molar-refractivity contribution is 0.0935. The Morgan fingerprint density at radius 2 is 2.07 bits per heavy atom. The molecule has 0 bridgehead atoms. The molecular formula is C21H22N4OS2. The molecule has 1 aromatic carbocycles. The first-order valence-electron chi connectivity index (χ1n) is 9.41. The Morgan fingerprint density at radius 3 is 2.75 bits per heavy atom. The third-order valence-corrected chi connectivity index (χ3v) is 6.59. The standard InChI is InChI=1S/C21H22N4OS2/c1-2-18(19-13-27-21(24-19)25-28-17-9-10-17)23-20(26)15-7-5-14(6-8-15)16-4-3-11-22-12-16/h3-8,11-13,17-18H,2,9-10H2,1H3,(H,23,26)(H,24,25). The van der Waals surface area contributed by atoms with Crippen molar-refractivity contribution in [3.05, 3.63) is 65.4 Å². The smallest absolute Gasteiger partial charge is 0.251 e. The SMILES string of the molecule is CCC(NC(=O)c1ccc(-c2cccnc2)cc1)c1csc(NSC2CC2)n1. The summed E-state index contributed by atoms with van der Waals surface area (Å²) in [6, 6.07) is 11.4. The van der Waals surface area contributed by atoms with Crippen LogP contribution < -0.4 is 10.0 Å². The van der Waals surface area contributed by atoms with Gasteiger partial charge in [0.25, 0.3) is 5.91 Å². The second kappa shape index (κ2) is 8.75. The number of pyridine rings is 1. The highest BCUT2D eigenvalue weighted by Crippen LogP contribution is 2.35. The van der Waals surface area contributed by atoms with Crippen LogP contribution in [-0.4, -0.2) is 21.1 Å². The lowest BCUT2D eigenvalue weighted by Crippen LogP contribution is -2.28. The Kier molecular flexibility index (Phi) is 5.92. The Hall–Kier alpha value is -2.38. The molecule has 1 aliphatic carbocycles. The molecule has 2 N–H and O–H groups in total. The molecule has 1 saturated carbocycles. The number of nitrogens with zero attached hydrogens (tertiary/aromatic N) is 2. The summed E-state index contributed by atoms with van der Waals surface area (Å²) in [5.41, 5.74) is 3.63. The highest BCUT2D eigenvalue weighted by Gasteiger charge is 2.23. The molecule has 7 heteroatoms. The van der Waals surface area contributed by atoms with Gasteiger partial charge in [0.05, 0.1) is 11.7 Å². The van der Waals surface area contributed by atoms with Crippen molar-refractivity contribution in [1.29, 1.82) is 0 Å². The summed E-state index contributed by atoms with van der Waals surface area (Å²) >= 11 is 3.33. The van der Waals surface area contributed by atoms with Crippen LogP contribution in [0.3, 0.4) is 0 Å². The summed E-state index contributed by atoms with van der Waals surface area (Å²) in [5, 5.41) is 6.76. The minimum absolute atomic E-state index is 0.0838. The number of rotatable bonds is 8. The molecular weight excluding hydrogens is 388 g/mol. The van der Waals surface area contributed by atoms with Gasteiger partial charge in [0, 0.05) is 28.6 Å². The maximum absolute atomic E-state index is 12.7. The van der Waals surface area contributed by atoms with Crippen LogP contribution in [-0.2, 0) is 0 Å². The predicted octanol–water partition coefficient (Wildman–Crippen LogP) is 5.31. The lowest BCUT2D eigenvalue weighted by Gasteiger charge is -2.15. The zero-order valence-electron chi connectivity index (χ0n) is 15.6. The van der Waals surface area contributed by atoms with E-state index in [1.165, 1.54) is 12.8 Å². The second-order valence-corrected chi connectivity index (χ2v) is 8.71. The van der Waals surface area contributed by atoms with E-state index in [0.717, 1.165) is 33.6 Å². The summed E-state index contributed by atoms with van der Waals surface area (Å²) in [7, 11) is 0. The van der Waals surface area contributed by atoms with Crippen LogP contribution >= 0.6 is 23.3 Å². The highest BCUT2D eigenvalue weighted by atomic mass is 32.2. The fourth-order valence-electron chi connectivity index (χ4n) is 2.79. The van der Waals surface area contributed by atoms with Gasteiger partial charge in [-0.25, -0.2) is 4.98 Å². The molecule has 1 atom stereocenters. The number of aromatic nitrogens is 2. The van der Waals surface area contributed by atoms with Gasteiger partial charge < -0.3 is 10.0 Å². The molecule has 2 heterocycles. The topological polar surface area (TPSA) is 66.9 Å². The first kappa shape index (κ1) is 19.0. The average molecular weight is 411 g/mol. The molecule has 1 fully saturated rings. The number of hydrogen-bond acceptors (Lipinski definition) is 6. The zero-order chi connectivity index (χ0) is 19.3. The number of benzene rings is 1. The fourth-order valence-corrected chi connectivity index (χ4v) is 4.42. The first-order chi connectivity index (χ1) is 13.7. The highest BCUT2D eigenvalue weighted by molar-refractivity contribution is 8.01. The van der Waals surface area contributed by atoms with Crippen LogP contribution in [0.4, 0.5) is 5.13 Å². The van der Waals surface area contributed by atoms with E-state index >= 15 is 0 Å². The predicted molar refractivity (Wildman–Crippen MR) is 117 cm³/mol. The molecule has 28 heavy (non-hydrogen) atoms. The maximum Gasteiger partial charge on any atom is 0.251 e. The van der Waals surface area contributed by atoms with Gasteiger partial charge >= 0.3 is 0 Å². The Bertz CT molecular complexity index is 923. The summed E-state index contributed by atoms with van der Waals surface area (Å²) in [5.74, 6) is -0.0838. The van der Waals surface area contributed by atoms with Crippen molar-refractivity contribution in [3.63, 3.8) is 0 Å². The Balaban J connectivity index is 1.39. The van der Waals surface area contributed by atoms with E-state index in [4.69, 9.17) is 0 Å². The van der Waals surface area contributed by atoms with E-state index in [9.17, 15) is 4.79 Å². The molecule has 1 amide bonds. The van der Waals surface area contributed by atoms with Gasteiger partial charge in [0.2, 0.25) is 0 Å². The first-order valence-corrected chi connectivity index (χ1v) is 11.2. The van der Waals surface area contributed by atoms with Crippen molar-refractivity contribution in [2.24, 2.45) is 0 Å². The summed E-state index contributed by atoms with van der Waals surface area (Å²) in [4.78, 5) is 21.5. The molecule has 1 unspecified atom stereocenters. The van der Waals surface area contributed by atoms with Crippen molar-refractivity contribution in [2.75, 3.05) is 4.72 Å². The quantitative estimate of drug-likeness (QED) is 0.493. The summed E-state index contributed by atoms with van der Waals surface area (Å²) < 4.78 is 3.32. The van der Waals surface area contributed by atoms with Crippen molar-refractivity contribution in [2.45, 2.75) is 37.5 Å². The summed E-state index contributed by atoms with van der Waals surface area (Å²) in [6.45, 7) is 2.06. The molecule has 3 aromatic rings. The van der Waals surface area contributed by atoms with E-state index < -0.39 is 0 Å². The van der Waals surface area contributed by atoms with Crippen LogP contribution in [0.5, 0.6) is 0 Å². The van der Waals surface area contributed by atoms with Crippen molar-refractivity contribution in [3.8, 4) is 11.1 Å². The minimum atomic E-state index is -0.0942.